The summed E-state index contributed by atoms with van der Waals surface area (Å²) in [6.45, 7) is 13.5. The molecule has 0 bridgehead atoms. The van der Waals surface area contributed by atoms with Crippen molar-refractivity contribution in [2.45, 2.75) is 85.1 Å². The van der Waals surface area contributed by atoms with Gasteiger partial charge in [-0.2, -0.15) is 0 Å². The van der Waals surface area contributed by atoms with Crippen LogP contribution in [0.3, 0.4) is 0 Å². The summed E-state index contributed by atoms with van der Waals surface area (Å²) >= 11 is 0. The normalized spacial score (nSPS) is 15.5. The van der Waals surface area contributed by atoms with Gasteiger partial charge < -0.3 is 10.1 Å². The third-order valence-electron chi connectivity index (χ3n) is 4.11. The third-order valence-corrected chi connectivity index (χ3v) is 4.11. The van der Waals surface area contributed by atoms with E-state index in [1.807, 2.05) is 0 Å². The Labute approximate surface area is 121 Å². The van der Waals surface area contributed by atoms with Gasteiger partial charge in [-0.25, -0.2) is 0 Å². The summed E-state index contributed by atoms with van der Waals surface area (Å²) < 4.78 is 5.17. The molecular formula is C17H37NO. The molecule has 0 saturated carbocycles. The van der Waals surface area contributed by atoms with Crippen molar-refractivity contribution < 1.29 is 4.74 Å². The van der Waals surface area contributed by atoms with Gasteiger partial charge >= 0.3 is 0 Å². The molecule has 0 aromatic rings. The minimum atomic E-state index is 0.221. The highest BCUT2D eigenvalue weighted by Gasteiger charge is 2.28. The fraction of sp³-hybridized carbons (Fsp3) is 1.00. The number of hydrogen-bond acceptors (Lipinski definition) is 2. The lowest BCUT2D eigenvalue weighted by atomic mass is 9.75. The minimum Gasteiger partial charge on any atom is -0.385 e. The zero-order valence-corrected chi connectivity index (χ0v) is 14.3. The molecule has 0 aliphatic heterocycles. The van der Waals surface area contributed by atoms with E-state index >= 15 is 0 Å². The average Bonchev–Trinajstić information content (AvgIpc) is 2.36. The van der Waals surface area contributed by atoms with Gasteiger partial charge in [0.05, 0.1) is 0 Å². The van der Waals surface area contributed by atoms with E-state index in [1.165, 1.54) is 44.9 Å². The highest BCUT2D eigenvalue weighted by atomic mass is 16.5. The maximum Gasteiger partial charge on any atom is 0.0462 e. The number of ether oxygens (including phenoxy) is 1. The Morgan fingerprint density at radius 2 is 1.58 bits per heavy atom. The van der Waals surface area contributed by atoms with Crippen LogP contribution in [0.2, 0.25) is 0 Å². The molecule has 19 heavy (non-hydrogen) atoms. The quantitative estimate of drug-likeness (QED) is 0.546. The molecule has 116 valence electrons. The predicted molar refractivity (Wildman–Crippen MR) is 85.7 cm³/mol. The third kappa shape index (κ3) is 9.45. The Balaban J connectivity index is 4.40. The second kappa shape index (κ2) is 9.77. The number of unbranched alkanes of at least 4 members (excludes halogenated alkanes) is 2. The van der Waals surface area contributed by atoms with E-state index in [1.54, 1.807) is 7.11 Å². The van der Waals surface area contributed by atoms with Crippen LogP contribution in [-0.4, -0.2) is 25.8 Å². The van der Waals surface area contributed by atoms with E-state index in [0.717, 1.165) is 13.2 Å². The summed E-state index contributed by atoms with van der Waals surface area (Å²) in [4.78, 5) is 0. The van der Waals surface area contributed by atoms with Crippen LogP contribution < -0.4 is 5.32 Å². The topological polar surface area (TPSA) is 21.3 Å². The second-order valence-electron chi connectivity index (χ2n) is 7.01. The second-order valence-corrected chi connectivity index (χ2v) is 7.01. The lowest BCUT2D eigenvalue weighted by molar-refractivity contribution is 0.162. The molecule has 0 amide bonds. The van der Waals surface area contributed by atoms with Gasteiger partial charge in [-0.3, -0.25) is 0 Å². The standard InChI is InChI=1S/C17H37NO/c1-7-9-12-17(8-2,13-10-11-14-19-6)15-18-16(3,4)5/h18H,7-15H2,1-6H3. The molecule has 0 heterocycles. The molecule has 1 unspecified atom stereocenters. The molecule has 0 radical (unpaired) electrons. The molecule has 0 aromatic carbocycles. The van der Waals surface area contributed by atoms with Crippen LogP contribution in [0.25, 0.3) is 0 Å². The van der Waals surface area contributed by atoms with Gasteiger partial charge in [-0.05, 0) is 51.9 Å². The lowest BCUT2D eigenvalue weighted by Gasteiger charge is -2.36. The summed E-state index contributed by atoms with van der Waals surface area (Å²) in [5.74, 6) is 0. The largest absolute Gasteiger partial charge is 0.385 e. The van der Waals surface area contributed by atoms with Gasteiger partial charge in [-0.15, -0.1) is 0 Å². The van der Waals surface area contributed by atoms with Crippen LogP contribution in [0.15, 0.2) is 0 Å². The Morgan fingerprint density at radius 1 is 0.947 bits per heavy atom. The summed E-state index contributed by atoms with van der Waals surface area (Å²) in [7, 11) is 1.80. The summed E-state index contributed by atoms with van der Waals surface area (Å²) in [6, 6.07) is 0. The van der Waals surface area contributed by atoms with E-state index in [-0.39, 0.29) is 5.54 Å². The van der Waals surface area contributed by atoms with Crippen molar-refractivity contribution in [3.05, 3.63) is 0 Å². The molecule has 0 aliphatic rings. The van der Waals surface area contributed by atoms with Crippen LogP contribution in [-0.2, 0) is 4.74 Å². The maximum absolute atomic E-state index is 5.17. The van der Waals surface area contributed by atoms with Crippen LogP contribution >= 0.6 is 0 Å². The molecule has 1 atom stereocenters. The Hall–Kier alpha value is -0.0800. The number of nitrogens with one attached hydrogen (secondary N) is 1. The zero-order valence-electron chi connectivity index (χ0n) is 14.3. The number of methoxy groups -OCH3 is 1. The van der Waals surface area contributed by atoms with Crippen LogP contribution in [0.4, 0.5) is 0 Å². The van der Waals surface area contributed by atoms with E-state index < -0.39 is 0 Å². The van der Waals surface area contributed by atoms with Gasteiger partial charge in [0.15, 0.2) is 0 Å². The van der Waals surface area contributed by atoms with Gasteiger partial charge in [0, 0.05) is 25.8 Å². The molecule has 2 nitrogen and oxygen atoms in total. The first-order chi connectivity index (χ1) is 8.89. The van der Waals surface area contributed by atoms with Crippen molar-refractivity contribution in [1.29, 1.82) is 0 Å². The number of rotatable bonds is 11. The predicted octanol–water partition coefficient (Wildman–Crippen LogP) is 4.78. The monoisotopic (exact) mass is 271 g/mol. The van der Waals surface area contributed by atoms with Crippen LogP contribution in [0.5, 0.6) is 0 Å². The van der Waals surface area contributed by atoms with Gasteiger partial charge in [0.25, 0.3) is 0 Å². The van der Waals surface area contributed by atoms with Crippen molar-refractivity contribution in [2.24, 2.45) is 5.41 Å². The maximum atomic E-state index is 5.17. The van der Waals surface area contributed by atoms with Crippen LogP contribution in [0, 0.1) is 5.41 Å². The average molecular weight is 271 g/mol. The van der Waals surface area contributed by atoms with Crippen molar-refractivity contribution in [1.82, 2.24) is 5.32 Å². The Bertz CT molecular complexity index is 210. The highest BCUT2D eigenvalue weighted by molar-refractivity contribution is 4.84. The first kappa shape index (κ1) is 18.9. The van der Waals surface area contributed by atoms with Crippen molar-refractivity contribution in [3.63, 3.8) is 0 Å². The number of hydrogen-bond donors (Lipinski definition) is 1. The fourth-order valence-corrected chi connectivity index (χ4v) is 2.53. The van der Waals surface area contributed by atoms with Gasteiger partial charge in [-0.1, -0.05) is 33.1 Å². The van der Waals surface area contributed by atoms with Crippen molar-refractivity contribution >= 4 is 0 Å². The zero-order chi connectivity index (χ0) is 14.8. The molecule has 0 saturated heterocycles. The van der Waals surface area contributed by atoms with Crippen molar-refractivity contribution in [3.8, 4) is 0 Å². The van der Waals surface area contributed by atoms with Crippen LogP contribution in [0.1, 0.15) is 79.6 Å². The van der Waals surface area contributed by atoms with E-state index in [2.05, 4.69) is 39.9 Å². The lowest BCUT2D eigenvalue weighted by Crippen LogP contribution is -2.44. The molecule has 0 fully saturated rings. The highest BCUT2D eigenvalue weighted by Crippen LogP contribution is 2.34. The first-order valence-corrected chi connectivity index (χ1v) is 8.13. The fourth-order valence-electron chi connectivity index (χ4n) is 2.53. The molecule has 0 aromatic heterocycles. The summed E-state index contributed by atoms with van der Waals surface area (Å²) in [5, 5.41) is 3.73. The smallest absolute Gasteiger partial charge is 0.0462 e. The van der Waals surface area contributed by atoms with Gasteiger partial charge in [0.2, 0.25) is 0 Å². The van der Waals surface area contributed by atoms with E-state index in [0.29, 0.717) is 5.41 Å². The minimum absolute atomic E-state index is 0.221. The SMILES string of the molecule is CCCCC(CC)(CCCCOC)CNC(C)(C)C. The molecule has 0 spiro atoms. The molecule has 2 heteroatoms. The van der Waals surface area contributed by atoms with Gasteiger partial charge in [0.1, 0.15) is 0 Å². The summed E-state index contributed by atoms with van der Waals surface area (Å²) in [5.41, 5.74) is 0.705. The molecule has 0 rings (SSSR count). The van der Waals surface area contributed by atoms with E-state index in [9.17, 15) is 0 Å². The first-order valence-electron chi connectivity index (χ1n) is 8.13. The Morgan fingerprint density at radius 3 is 2.05 bits per heavy atom. The summed E-state index contributed by atoms with van der Waals surface area (Å²) in [6.07, 6.45) is 9.10. The molecule has 0 aliphatic carbocycles. The van der Waals surface area contributed by atoms with E-state index in [4.69, 9.17) is 4.74 Å². The molecule has 1 N–H and O–H groups in total. The van der Waals surface area contributed by atoms with Crippen molar-refractivity contribution in [2.75, 3.05) is 20.3 Å². The Kier molecular flexibility index (Phi) is 9.72. The molecular weight excluding hydrogens is 234 g/mol.